The Kier molecular flexibility index (Phi) is 6.54. The molecule has 0 unspecified atom stereocenters. The predicted octanol–water partition coefficient (Wildman–Crippen LogP) is 4.14. The number of nitrogens with zero attached hydrogens (tertiary/aromatic N) is 3. The monoisotopic (exact) mass is 381 g/mol. The Balaban J connectivity index is 1.57. The van der Waals surface area contributed by atoms with E-state index in [9.17, 15) is 4.79 Å². The minimum atomic E-state index is 0.00220. The third-order valence-corrected chi connectivity index (χ3v) is 4.82. The minimum absolute atomic E-state index is 0.00220. The van der Waals surface area contributed by atoms with Crippen molar-refractivity contribution >= 4 is 17.7 Å². The lowest BCUT2D eigenvalue weighted by Crippen LogP contribution is -2.28. The Hall–Kier alpha value is -2.73. The molecule has 3 aromatic rings. The van der Waals surface area contributed by atoms with E-state index in [1.54, 1.807) is 22.9 Å². The Labute approximate surface area is 164 Å². The highest BCUT2D eigenvalue weighted by Gasteiger charge is 2.13. The summed E-state index contributed by atoms with van der Waals surface area (Å²) in [4.78, 5) is 18.8. The van der Waals surface area contributed by atoms with E-state index >= 15 is 0 Å². The highest BCUT2D eigenvalue weighted by atomic mass is 32.2. The summed E-state index contributed by atoms with van der Waals surface area (Å²) in [5.41, 5.74) is 1.60. The summed E-state index contributed by atoms with van der Waals surface area (Å²) in [5.74, 6) is 0.853. The molecule has 0 aliphatic rings. The fourth-order valence-corrected chi connectivity index (χ4v) is 3.29. The van der Waals surface area contributed by atoms with Crippen LogP contribution in [0.3, 0.4) is 0 Å². The number of rotatable bonds is 8. The lowest BCUT2D eigenvalue weighted by molar-refractivity contribution is 0.0788. The second kappa shape index (κ2) is 9.28. The Morgan fingerprint density at radius 3 is 2.78 bits per heavy atom. The summed E-state index contributed by atoms with van der Waals surface area (Å²) in [5, 5.41) is 0.894. The fourth-order valence-electron chi connectivity index (χ4n) is 2.76. The number of amides is 1. The van der Waals surface area contributed by atoms with Gasteiger partial charge in [0.05, 0.1) is 6.61 Å². The van der Waals surface area contributed by atoms with E-state index in [4.69, 9.17) is 4.74 Å². The average molecular weight is 382 g/mol. The Morgan fingerprint density at radius 1 is 1.19 bits per heavy atom. The number of thioether (sulfide) groups is 1. The van der Waals surface area contributed by atoms with Crippen LogP contribution in [0.25, 0.3) is 5.69 Å². The molecule has 0 saturated heterocycles. The molecular formula is C21H23N3O2S. The Bertz CT molecular complexity index is 880. The molecule has 0 spiro atoms. The molecule has 1 aromatic heterocycles. The van der Waals surface area contributed by atoms with Crippen LogP contribution >= 0.6 is 11.8 Å². The van der Waals surface area contributed by atoms with E-state index < -0.39 is 0 Å². The standard InChI is InChI=1S/C21H23N3O2S/c1-23(13-7-15-26-19-10-4-3-5-11-19)20(25)17-8-6-9-18(16-17)24-14-12-22-21(24)27-2/h3-6,8-12,14,16H,7,13,15H2,1-2H3. The van der Waals surface area contributed by atoms with Gasteiger partial charge in [0, 0.05) is 37.2 Å². The van der Waals surface area contributed by atoms with E-state index in [1.807, 2.05) is 78.7 Å². The molecule has 2 aromatic carbocycles. The van der Waals surface area contributed by atoms with Crippen molar-refractivity contribution in [1.29, 1.82) is 0 Å². The number of ether oxygens (including phenoxy) is 1. The van der Waals surface area contributed by atoms with Crippen LogP contribution in [0.4, 0.5) is 0 Å². The molecule has 0 fully saturated rings. The number of hydrogen-bond donors (Lipinski definition) is 0. The van der Waals surface area contributed by atoms with Crippen LogP contribution in [-0.4, -0.2) is 46.8 Å². The highest BCUT2D eigenvalue weighted by molar-refractivity contribution is 7.98. The first-order valence-corrected chi connectivity index (χ1v) is 10.0. The molecule has 0 bridgehead atoms. The zero-order chi connectivity index (χ0) is 19.1. The molecule has 0 aliphatic carbocycles. The average Bonchev–Trinajstić information content (AvgIpc) is 3.20. The summed E-state index contributed by atoms with van der Waals surface area (Å²) in [6.07, 6.45) is 6.42. The number of carbonyl (C=O) groups is 1. The van der Waals surface area contributed by atoms with Crippen molar-refractivity contribution < 1.29 is 9.53 Å². The van der Waals surface area contributed by atoms with Gasteiger partial charge in [0.2, 0.25) is 0 Å². The third kappa shape index (κ3) is 4.92. The van der Waals surface area contributed by atoms with Gasteiger partial charge in [0.1, 0.15) is 5.75 Å². The second-order valence-corrected chi connectivity index (χ2v) is 6.85. The topological polar surface area (TPSA) is 47.4 Å². The summed E-state index contributed by atoms with van der Waals surface area (Å²) < 4.78 is 7.67. The van der Waals surface area contributed by atoms with Crippen molar-refractivity contribution in [2.45, 2.75) is 11.6 Å². The molecule has 6 heteroatoms. The largest absolute Gasteiger partial charge is 0.494 e. The number of carbonyl (C=O) groups excluding carboxylic acids is 1. The maximum absolute atomic E-state index is 12.7. The first-order chi connectivity index (χ1) is 13.2. The van der Waals surface area contributed by atoms with Gasteiger partial charge in [0.15, 0.2) is 5.16 Å². The highest BCUT2D eigenvalue weighted by Crippen LogP contribution is 2.19. The first-order valence-electron chi connectivity index (χ1n) is 8.80. The van der Waals surface area contributed by atoms with Crippen LogP contribution in [0.2, 0.25) is 0 Å². The van der Waals surface area contributed by atoms with Gasteiger partial charge >= 0.3 is 0 Å². The van der Waals surface area contributed by atoms with Gasteiger partial charge < -0.3 is 9.64 Å². The summed E-state index contributed by atoms with van der Waals surface area (Å²) in [7, 11) is 1.82. The van der Waals surface area contributed by atoms with Crippen molar-refractivity contribution in [1.82, 2.24) is 14.5 Å². The van der Waals surface area contributed by atoms with Crippen LogP contribution in [0, 0.1) is 0 Å². The maximum atomic E-state index is 12.7. The van der Waals surface area contributed by atoms with E-state index in [0.717, 1.165) is 23.0 Å². The molecule has 0 aliphatic heterocycles. The quantitative estimate of drug-likeness (QED) is 0.435. The zero-order valence-electron chi connectivity index (χ0n) is 15.5. The van der Waals surface area contributed by atoms with E-state index in [1.165, 1.54) is 0 Å². The lowest BCUT2D eigenvalue weighted by atomic mass is 10.1. The minimum Gasteiger partial charge on any atom is -0.494 e. The Morgan fingerprint density at radius 2 is 2.00 bits per heavy atom. The second-order valence-electron chi connectivity index (χ2n) is 6.08. The maximum Gasteiger partial charge on any atom is 0.253 e. The molecule has 140 valence electrons. The summed E-state index contributed by atoms with van der Waals surface area (Å²) >= 11 is 1.57. The van der Waals surface area contributed by atoms with Gasteiger partial charge in [-0.05, 0) is 43.0 Å². The smallest absolute Gasteiger partial charge is 0.253 e. The SMILES string of the molecule is CSc1nccn1-c1cccc(C(=O)N(C)CCCOc2ccccc2)c1. The number of benzene rings is 2. The fraction of sp³-hybridized carbons (Fsp3) is 0.238. The number of para-hydroxylation sites is 1. The van der Waals surface area contributed by atoms with E-state index in [-0.39, 0.29) is 5.91 Å². The molecule has 0 radical (unpaired) electrons. The van der Waals surface area contributed by atoms with Crippen molar-refractivity contribution in [3.05, 3.63) is 72.6 Å². The molecule has 0 atom stereocenters. The van der Waals surface area contributed by atoms with Gasteiger partial charge in [-0.25, -0.2) is 4.98 Å². The van der Waals surface area contributed by atoms with Crippen molar-refractivity contribution in [2.24, 2.45) is 0 Å². The van der Waals surface area contributed by atoms with Crippen LogP contribution in [-0.2, 0) is 0 Å². The molecule has 27 heavy (non-hydrogen) atoms. The van der Waals surface area contributed by atoms with E-state index in [0.29, 0.717) is 18.7 Å². The van der Waals surface area contributed by atoms with Gasteiger partial charge in [-0.3, -0.25) is 9.36 Å². The lowest BCUT2D eigenvalue weighted by Gasteiger charge is -2.18. The predicted molar refractivity (Wildman–Crippen MR) is 109 cm³/mol. The number of imidazole rings is 1. The molecular weight excluding hydrogens is 358 g/mol. The number of hydrogen-bond acceptors (Lipinski definition) is 4. The van der Waals surface area contributed by atoms with Crippen LogP contribution in [0.1, 0.15) is 16.8 Å². The van der Waals surface area contributed by atoms with Gasteiger partial charge in [-0.1, -0.05) is 36.0 Å². The molecule has 3 rings (SSSR count). The summed E-state index contributed by atoms with van der Waals surface area (Å²) in [6.45, 7) is 1.21. The van der Waals surface area contributed by atoms with Crippen molar-refractivity contribution in [2.75, 3.05) is 26.5 Å². The summed E-state index contributed by atoms with van der Waals surface area (Å²) in [6, 6.07) is 17.3. The van der Waals surface area contributed by atoms with Crippen LogP contribution in [0.15, 0.2) is 72.1 Å². The van der Waals surface area contributed by atoms with Gasteiger partial charge in [0.25, 0.3) is 5.91 Å². The molecule has 5 nitrogen and oxygen atoms in total. The molecule has 1 heterocycles. The van der Waals surface area contributed by atoms with Crippen molar-refractivity contribution in [3.8, 4) is 11.4 Å². The zero-order valence-corrected chi connectivity index (χ0v) is 16.4. The molecule has 0 N–H and O–H groups in total. The van der Waals surface area contributed by atoms with Crippen LogP contribution < -0.4 is 4.74 Å². The third-order valence-electron chi connectivity index (χ3n) is 4.16. The van der Waals surface area contributed by atoms with E-state index in [2.05, 4.69) is 4.98 Å². The van der Waals surface area contributed by atoms with Gasteiger partial charge in [-0.2, -0.15) is 0 Å². The van der Waals surface area contributed by atoms with Crippen LogP contribution in [0.5, 0.6) is 5.75 Å². The first kappa shape index (κ1) is 19.0. The van der Waals surface area contributed by atoms with Crippen molar-refractivity contribution in [3.63, 3.8) is 0 Å². The normalized spacial score (nSPS) is 10.6. The molecule has 1 amide bonds. The van der Waals surface area contributed by atoms with Gasteiger partial charge in [-0.15, -0.1) is 0 Å². The number of aromatic nitrogens is 2. The molecule has 0 saturated carbocycles.